The zero-order valence-electron chi connectivity index (χ0n) is 9.51. The van der Waals surface area contributed by atoms with Crippen molar-refractivity contribution >= 4 is 0 Å². The van der Waals surface area contributed by atoms with E-state index < -0.39 is 0 Å². The third kappa shape index (κ3) is 1.81. The predicted octanol–water partition coefficient (Wildman–Crippen LogP) is 1.13. The summed E-state index contributed by atoms with van der Waals surface area (Å²) < 4.78 is 2.07. The number of nitrogens with zero attached hydrogens (tertiary/aromatic N) is 4. The Kier molecular flexibility index (Phi) is 2.96. The molecule has 0 saturated heterocycles. The summed E-state index contributed by atoms with van der Waals surface area (Å²) in [5, 5.41) is 8.26. The van der Waals surface area contributed by atoms with E-state index >= 15 is 0 Å². The Morgan fingerprint density at radius 3 is 2.88 bits per heavy atom. The van der Waals surface area contributed by atoms with Gasteiger partial charge in [-0.2, -0.15) is 0 Å². The van der Waals surface area contributed by atoms with Gasteiger partial charge in [-0.3, -0.25) is 4.98 Å². The number of aromatic nitrogens is 4. The van der Waals surface area contributed by atoms with E-state index in [4.69, 9.17) is 5.73 Å². The van der Waals surface area contributed by atoms with Crippen LogP contribution in [-0.4, -0.2) is 19.7 Å². The van der Waals surface area contributed by atoms with Crippen molar-refractivity contribution in [3.63, 3.8) is 0 Å². The van der Waals surface area contributed by atoms with Crippen LogP contribution in [-0.2, 0) is 13.1 Å². The van der Waals surface area contributed by atoms with E-state index in [2.05, 4.69) is 26.7 Å². The van der Waals surface area contributed by atoms with Crippen molar-refractivity contribution in [2.75, 3.05) is 0 Å². The minimum atomic E-state index is 0.438. The number of hydrogen-bond acceptors (Lipinski definition) is 4. The third-order valence-electron chi connectivity index (χ3n) is 2.54. The SMILES string of the molecule is CCn1c(C)nnc1-c1ccnc(CN)c1. The lowest BCUT2D eigenvalue weighted by atomic mass is 10.2. The van der Waals surface area contributed by atoms with Gasteiger partial charge in [0.25, 0.3) is 0 Å². The molecule has 5 nitrogen and oxygen atoms in total. The van der Waals surface area contributed by atoms with Crippen LogP contribution in [0.3, 0.4) is 0 Å². The second-order valence-corrected chi connectivity index (χ2v) is 3.56. The van der Waals surface area contributed by atoms with Gasteiger partial charge >= 0.3 is 0 Å². The van der Waals surface area contributed by atoms with Gasteiger partial charge in [0.15, 0.2) is 5.82 Å². The molecule has 2 aromatic rings. The molecule has 0 aliphatic heterocycles. The highest BCUT2D eigenvalue weighted by atomic mass is 15.3. The molecule has 2 aromatic heterocycles. The summed E-state index contributed by atoms with van der Waals surface area (Å²) in [5.41, 5.74) is 7.44. The molecule has 5 heteroatoms. The standard InChI is InChI=1S/C11H15N5/c1-3-16-8(2)14-15-11(16)9-4-5-13-10(6-9)7-12/h4-6H,3,7,12H2,1-2H3. The van der Waals surface area contributed by atoms with Crippen LogP contribution < -0.4 is 5.73 Å². The summed E-state index contributed by atoms with van der Waals surface area (Å²) in [5.74, 6) is 1.79. The first-order valence-corrected chi connectivity index (χ1v) is 5.31. The topological polar surface area (TPSA) is 69.6 Å². The highest BCUT2D eigenvalue weighted by Gasteiger charge is 2.09. The number of nitrogens with two attached hydrogens (primary N) is 1. The summed E-state index contributed by atoms with van der Waals surface area (Å²) in [6.45, 7) is 5.32. The minimum absolute atomic E-state index is 0.438. The van der Waals surface area contributed by atoms with Crippen LogP contribution in [0.25, 0.3) is 11.4 Å². The van der Waals surface area contributed by atoms with Gasteiger partial charge in [-0.25, -0.2) is 0 Å². The molecule has 0 unspecified atom stereocenters. The summed E-state index contributed by atoms with van der Waals surface area (Å²) in [4.78, 5) is 4.16. The highest BCUT2D eigenvalue weighted by Crippen LogP contribution is 2.18. The van der Waals surface area contributed by atoms with Crippen molar-refractivity contribution in [2.24, 2.45) is 5.73 Å². The average molecular weight is 217 g/mol. The van der Waals surface area contributed by atoms with Crippen LogP contribution in [0.2, 0.25) is 0 Å². The molecular formula is C11H15N5. The van der Waals surface area contributed by atoms with Gasteiger partial charge < -0.3 is 10.3 Å². The molecule has 0 spiro atoms. The third-order valence-corrected chi connectivity index (χ3v) is 2.54. The maximum absolute atomic E-state index is 5.57. The summed E-state index contributed by atoms with van der Waals surface area (Å²) in [6.07, 6.45) is 1.75. The molecule has 0 aliphatic rings. The van der Waals surface area contributed by atoms with Gasteiger partial charge in [-0.15, -0.1) is 10.2 Å². The molecule has 0 bridgehead atoms. The van der Waals surface area contributed by atoms with E-state index in [0.717, 1.165) is 29.5 Å². The zero-order chi connectivity index (χ0) is 11.5. The smallest absolute Gasteiger partial charge is 0.164 e. The Labute approximate surface area is 94.3 Å². The van der Waals surface area contributed by atoms with E-state index in [1.54, 1.807) is 6.20 Å². The summed E-state index contributed by atoms with van der Waals surface area (Å²) in [7, 11) is 0. The Balaban J connectivity index is 2.49. The molecule has 0 aromatic carbocycles. The molecule has 2 N–H and O–H groups in total. The Hall–Kier alpha value is -1.75. The number of aryl methyl sites for hydroxylation is 1. The summed E-state index contributed by atoms with van der Waals surface area (Å²) in [6, 6.07) is 3.88. The van der Waals surface area contributed by atoms with Crippen molar-refractivity contribution < 1.29 is 0 Å². The monoisotopic (exact) mass is 217 g/mol. The fourth-order valence-electron chi connectivity index (χ4n) is 1.70. The van der Waals surface area contributed by atoms with Gasteiger partial charge in [-0.1, -0.05) is 0 Å². The lowest BCUT2D eigenvalue weighted by molar-refractivity contribution is 0.736. The van der Waals surface area contributed by atoms with Crippen LogP contribution in [0.4, 0.5) is 0 Å². The summed E-state index contributed by atoms with van der Waals surface area (Å²) >= 11 is 0. The number of rotatable bonds is 3. The fraction of sp³-hybridized carbons (Fsp3) is 0.364. The van der Waals surface area contributed by atoms with Crippen LogP contribution in [0, 0.1) is 6.92 Å². The van der Waals surface area contributed by atoms with E-state index in [1.807, 2.05) is 19.1 Å². The van der Waals surface area contributed by atoms with Gasteiger partial charge in [0.2, 0.25) is 0 Å². The lowest BCUT2D eigenvalue weighted by Crippen LogP contribution is -2.02. The molecule has 2 heterocycles. The molecule has 16 heavy (non-hydrogen) atoms. The fourth-order valence-corrected chi connectivity index (χ4v) is 1.70. The maximum atomic E-state index is 5.57. The molecule has 0 aliphatic carbocycles. The molecule has 0 fully saturated rings. The molecule has 84 valence electrons. The Morgan fingerprint density at radius 1 is 1.38 bits per heavy atom. The molecular weight excluding hydrogens is 202 g/mol. The van der Waals surface area contributed by atoms with Crippen LogP contribution >= 0.6 is 0 Å². The molecule has 0 atom stereocenters. The number of pyridine rings is 1. The van der Waals surface area contributed by atoms with E-state index in [-0.39, 0.29) is 0 Å². The normalized spacial score (nSPS) is 10.7. The highest BCUT2D eigenvalue weighted by molar-refractivity contribution is 5.55. The predicted molar refractivity (Wildman–Crippen MR) is 61.6 cm³/mol. The first-order chi connectivity index (χ1) is 7.76. The van der Waals surface area contributed by atoms with Crippen LogP contribution in [0.15, 0.2) is 18.3 Å². The number of hydrogen-bond donors (Lipinski definition) is 1. The van der Waals surface area contributed by atoms with Crippen molar-refractivity contribution in [3.8, 4) is 11.4 Å². The maximum Gasteiger partial charge on any atom is 0.164 e. The first kappa shape index (κ1) is 10.8. The molecule has 0 radical (unpaired) electrons. The molecule has 2 rings (SSSR count). The van der Waals surface area contributed by atoms with Gasteiger partial charge in [0.05, 0.1) is 5.69 Å². The van der Waals surface area contributed by atoms with Crippen molar-refractivity contribution in [1.82, 2.24) is 19.7 Å². The molecule has 0 saturated carbocycles. The van der Waals surface area contributed by atoms with Crippen molar-refractivity contribution in [3.05, 3.63) is 29.8 Å². The lowest BCUT2D eigenvalue weighted by Gasteiger charge is -2.05. The largest absolute Gasteiger partial charge is 0.325 e. The van der Waals surface area contributed by atoms with Crippen molar-refractivity contribution in [1.29, 1.82) is 0 Å². The van der Waals surface area contributed by atoms with Crippen molar-refractivity contribution in [2.45, 2.75) is 26.9 Å². The zero-order valence-corrected chi connectivity index (χ0v) is 9.51. The second-order valence-electron chi connectivity index (χ2n) is 3.56. The van der Waals surface area contributed by atoms with E-state index in [0.29, 0.717) is 6.54 Å². The van der Waals surface area contributed by atoms with E-state index in [9.17, 15) is 0 Å². The second kappa shape index (κ2) is 4.40. The van der Waals surface area contributed by atoms with Crippen LogP contribution in [0.5, 0.6) is 0 Å². The molecule has 0 amide bonds. The quantitative estimate of drug-likeness (QED) is 0.836. The van der Waals surface area contributed by atoms with Crippen LogP contribution in [0.1, 0.15) is 18.4 Å². The first-order valence-electron chi connectivity index (χ1n) is 5.31. The Morgan fingerprint density at radius 2 is 2.19 bits per heavy atom. The average Bonchev–Trinajstić information content (AvgIpc) is 2.70. The minimum Gasteiger partial charge on any atom is -0.325 e. The Bertz CT molecular complexity index is 489. The van der Waals surface area contributed by atoms with E-state index in [1.165, 1.54) is 0 Å². The van der Waals surface area contributed by atoms with Gasteiger partial charge in [0.1, 0.15) is 5.82 Å². The van der Waals surface area contributed by atoms with Gasteiger partial charge in [0, 0.05) is 24.8 Å². The van der Waals surface area contributed by atoms with Gasteiger partial charge in [-0.05, 0) is 26.0 Å².